The van der Waals surface area contributed by atoms with Crippen LogP contribution in [0.1, 0.15) is 77.6 Å². The van der Waals surface area contributed by atoms with Gasteiger partial charge < -0.3 is 10.4 Å². The maximum absolute atomic E-state index is 12.4. The molecule has 2 fully saturated rings. The van der Waals surface area contributed by atoms with Gasteiger partial charge in [-0.05, 0) is 50.4 Å². The largest absolute Gasteiger partial charge is 0.481 e. The summed E-state index contributed by atoms with van der Waals surface area (Å²) < 4.78 is 0. The van der Waals surface area contributed by atoms with Crippen molar-refractivity contribution in [3.63, 3.8) is 0 Å². The number of amides is 1. The molecule has 2 N–H and O–H groups in total. The predicted molar refractivity (Wildman–Crippen MR) is 91.1 cm³/mol. The van der Waals surface area contributed by atoms with Crippen LogP contribution in [0.5, 0.6) is 0 Å². The van der Waals surface area contributed by atoms with Crippen molar-refractivity contribution < 1.29 is 14.7 Å². The van der Waals surface area contributed by atoms with Gasteiger partial charge in [0.15, 0.2) is 0 Å². The molecule has 2 atom stereocenters. The van der Waals surface area contributed by atoms with Crippen molar-refractivity contribution in [3.05, 3.63) is 0 Å². The molecule has 2 aliphatic rings. The fourth-order valence-corrected chi connectivity index (χ4v) is 4.36. The van der Waals surface area contributed by atoms with Crippen LogP contribution in [0.4, 0.5) is 0 Å². The highest BCUT2D eigenvalue weighted by Gasteiger charge is 2.32. The summed E-state index contributed by atoms with van der Waals surface area (Å²) in [6.45, 7) is 2.78. The van der Waals surface area contributed by atoms with E-state index in [-0.39, 0.29) is 23.7 Å². The van der Waals surface area contributed by atoms with E-state index in [1.807, 2.05) is 0 Å². The number of carbonyl (C=O) groups is 2. The molecule has 2 saturated carbocycles. The molecule has 1 amide bonds. The molecule has 0 heterocycles. The van der Waals surface area contributed by atoms with Crippen LogP contribution in [0.25, 0.3) is 0 Å². The van der Waals surface area contributed by atoms with E-state index in [0.717, 1.165) is 44.4 Å². The molecule has 0 bridgehead atoms. The number of rotatable bonds is 7. The molecule has 2 aliphatic carbocycles. The molecule has 132 valence electrons. The number of carbonyl (C=O) groups excluding carboxylic acids is 1. The number of carboxylic acids is 1. The summed E-state index contributed by atoms with van der Waals surface area (Å²) >= 11 is 0. The minimum Gasteiger partial charge on any atom is -0.481 e. The molecule has 4 nitrogen and oxygen atoms in total. The lowest BCUT2D eigenvalue weighted by Crippen LogP contribution is -2.40. The quantitative estimate of drug-likeness (QED) is 0.744. The molecule has 0 aromatic carbocycles. The second-order valence-electron chi connectivity index (χ2n) is 7.59. The van der Waals surface area contributed by atoms with Crippen LogP contribution in [-0.2, 0) is 9.59 Å². The van der Waals surface area contributed by atoms with Gasteiger partial charge in [0.1, 0.15) is 0 Å². The van der Waals surface area contributed by atoms with Crippen LogP contribution in [0.2, 0.25) is 0 Å². The van der Waals surface area contributed by atoms with Crippen LogP contribution >= 0.6 is 0 Å². The topological polar surface area (TPSA) is 66.4 Å². The van der Waals surface area contributed by atoms with Crippen molar-refractivity contribution in [1.29, 1.82) is 0 Å². The van der Waals surface area contributed by atoms with Gasteiger partial charge in [-0.3, -0.25) is 9.59 Å². The Kier molecular flexibility index (Phi) is 7.38. The van der Waals surface area contributed by atoms with Gasteiger partial charge in [-0.1, -0.05) is 39.0 Å². The molecule has 23 heavy (non-hydrogen) atoms. The summed E-state index contributed by atoms with van der Waals surface area (Å²) in [7, 11) is 0. The van der Waals surface area contributed by atoms with Gasteiger partial charge in [0.05, 0.1) is 5.92 Å². The Balaban J connectivity index is 1.71. The monoisotopic (exact) mass is 323 g/mol. The Labute approximate surface area is 140 Å². The summed E-state index contributed by atoms with van der Waals surface area (Å²) in [6, 6.07) is 0. The Bertz CT molecular complexity index is 388. The summed E-state index contributed by atoms with van der Waals surface area (Å²) in [4.78, 5) is 23.7. The lowest BCUT2D eigenvalue weighted by Gasteiger charge is -2.31. The van der Waals surface area contributed by atoms with Gasteiger partial charge in [-0.25, -0.2) is 0 Å². The summed E-state index contributed by atoms with van der Waals surface area (Å²) in [5.41, 5.74) is 0. The Hall–Kier alpha value is -1.06. The fourth-order valence-electron chi connectivity index (χ4n) is 4.36. The van der Waals surface area contributed by atoms with E-state index in [2.05, 4.69) is 12.2 Å². The van der Waals surface area contributed by atoms with Crippen molar-refractivity contribution in [2.75, 3.05) is 6.54 Å². The van der Waals surface area contributed by atoms with Gasteiger partial charge in [0, 0.05) is 12.5 Å². The Morgan fingerprint density at radius 3 is 2.39 bits per heavy atom. The highest BCUT2D eigenvalue weighted by Crippen LogP contribution is 2.33. The first-order chi connectivity index (χ1) is 11.1. The zero-order chi connectivity index (χ0) is 16.7. The molecule has 2 rings (SSSR count). The van der Waals surface area contributed by atoms with E-state index in [1.165, 1.54) is 32.1 Å². The SMILES string of the molecule is CCCCC1CCC(C(=O)NC[C@@H]2CCCC[C@@H]2C(=O)O)CC1. The van der Waals surface area contributed by atoms with Crippen LogP contribution < -0.4 is 5.32 Å². The number of hydrogen-bond donors (Lipinski definition) is 2. The average Bonchev–Trinajstić information content (AvgIpc) is 2.58. The molecular formula is C19H33NO3. The first-order valence-electron chi connectivity index (χ1n) is 9.62. The van der Waals surface area contributed by atoms with Crippen molar-refractivity contribution >= 4 is 11.9 Å². The minimum absolute atomic E-state index is 0.117. The first-order valence-corrected chi connectivity index (χ1v) is 9.62. The highest BCUT2D eigenvalue weighted by atomic mass is 16.4. The number of carboxylic acid groups (broad SMARTS) is 1. The van der Waals surface area contributed by atoms with Crippen molar-refractivity contribution in [3.8, 4) is 0 Å². The van der Waals surface area contributed by atoms with E-state index < -0.39 is 5.97 Å². The number of unbranched alkanes of at least 4 members (excludes halogenated alkanes) is 1. The second-order valence-corrected chi connectivity index (χ2v) is 7.59. The Morgan fingerprint density at radius 2 is 1.74 bits per heavy atom. The van der Waals surface area contributed by atoms with Crippen LogP contribution in [-0.4, -0.2) is 23.5 Å². The van der Waals surface area contributed by atoms with Gasteiger partial charge in [0.2, 0.25) is 5.91 Å². The third-order valence-corrected chi connectivity index (χ3v) is 5.95. The molecule has 0 aromatic heterocycles. The van der Waals surface area contributed by atoms with Crippen molar-refractivity contribution in [1.82, 2.24) is 5.32 Å². The Morgan fingerprint density at radius 1 is 1.04 bits per heavy atom. The number of nitrogens with one attached hydrogen (secondary N) is 1. The van der Waals surface area contributed by atoms with Crippen LogP contribution in [0.3, 0.4) is 0 Å². The lowest BCUT2D eigenvalue weighted by atomic mass is 9.78. The van der Waals surface area contributed by atoms with Crippen molar-refractivity contribution in [2.45, 2.75) is 77.6 Å². The van der Waals surface area contributed by atoms with Gasteiger partial charge in [0.25, 0.3) is 0 Å². The lowest BCUT2D eigenvalue weighted by molar-refractivity contribution is -0.145. The first kappa shape index (κ1) is 18.3. The summed E-state index contributed by atoms with van der Waals surface area (Å²) in [5.74, 6) is 0.280. The zero-order valence-corrected chi connectivity index (χ0v) is 14.6. The molecule has 0 aromatic rings. The van der Waals surface area contributed by atoms with Crippen LogP contribution in [0, 0.1) is 23.7 Å². The zero-order valence-electron chi connectivity index (χ0n) is 14.6. The summed E-state index contributed by atoms with van der Waals surface area (Å²) in [5, 5.41) is 12.4. The third kappa shape index (κ3) is 5.50. The molecule has 0 saturated heterocycles. The number of aliphatic carboxylic acids is 1. The highest BCUT2D eigenvalue weighted by molar-refractivity contribution is 5.78. The number of hydrogen-bond acceptors (Lipinski definition) is 2. The molecular weight excluding hydrogens is 290 g/mol. The predicted octanol–water partition coefficient (Wildman–Crippen LogP) is 3.99. The normalized spacial score (nSPS) is 31.5. The molecule has 0 spiro atoms. The molecule has 0 aliphatic heterocycles. The summed E-state index contributed by atoms with van der Waals surface area (Å²) in [6.07, 6.45) is 12.0. The molecule has 0 unspecified atom stereocenters. The minimum atomic E-state index is -0.694. The molecule has 4 heteroatoms. The maximum Gasteiger partial charge on any atom is 0.306 e. The van der Waals surface area contributed by atoms with Crippen LogP contribution in [0.15, 0.2) is 0 Å². The van der Waals surface area contributed by atoms with E-state index in [1.54, 1.807) is 0 Å². The van der Waals surface area contributed by atoms with E-state index in [9.17, 15) is 14.7 Å². The fraction of sp³-hybridized carbons (Fsp3) is 0.895. The van der Waals surface area contributed by atoms with Gasteiger partial charge in [-0.2, -0.15) is 0 Å². The van der Waals surface area contributed by atoms with Crippen molar-refractivity contribution in [2.24, 2.45) is 23.7 Å². The molecule has 0 radical (unpaired) electrons. The van der Waals surface area contributed by atoms with Gasteiger partial charge in [-0.15, -0.1) is 0 Å². The smallest absolute Gasteiger partial charge is 0.306 e. The second kappa shape index (κ2) is 9.29. The van der Waals surface area contributed by atoms with E-state index in [4.69, 9.17) is 0 Å². The van der Waals surface area contributed by atoms with E-state index >= 15 is 0 Å². The van der Waals surface area contributed by atoms with E-state index in [0.29, 0.717) is 6.54 Å². The van der Waals surface area contributed by atoms with Gasteiger partial charge >= 0.3 is 5.97 Å². The third-order valence-electron chi connectivity index (χ3n) is 5.95. The maximum atomic E-state index is 12.4. The average molecular weight is 323 g/mol. The standard InChI is InChI=1S/C19H33NO3/c1-2-3-6-14-9-11-15(12-10-14)18(21)20-13-16-7-4-5-8-17(16)19(22)23/h14-17H,2-13H2,1H3,(H,20,21)(H,22,23)/t14?,15?,16-,17-/m0/s1.